The number of nitrogens with one attached hydrogen (secondary N) is 3. The molecule has 0 saturated heterocycles. The van der Waals surface area contributed by atoms with Gasteiger partial charge in [0.1, 0.15) is 6.54 Å². The Morgan fingerprint density at radius 3 is 2.32 bits per heavy atom. The van der Waals surface area contributed by atoms with Crippen LogP contribution in [0.5, 0.6) is 11.5 Å². The minimum Gasteiger partial charge on any atom is -0.490 e. The molecule has 0 spiro atoms. The van der Waals surface area contributed by atoms with Gasteiger partial charge in [0, 0.05) is 12.2 Å². The number of ether oxygens (including phenoxy) is 2. The molecule has 1 atom stereocenters. The number of para-hydroxylation sites is 1. The average Bonchev–Trinajstić information content (AvgIpc) is 2.74. The van der Waals surface area contributed by atoms with E-state index in [9.17, 15) is 4.79 Å². The van der Waals surface area contributed by atoms with Crippen LogP contribution in [0.15, 0.2) is 53.5 Å². The van der Waals surface area contributed by atoms with Crippen LogP contribution in [0.2, 0.25) is 0 Å². The number of guanidine groups is 1. The minimum absolute atomic E-state index is 0. The van der Waals surface area contributed by atoms with Gasteiger partial charge in [-0.1, -0.05) is 24.3 Å². The molecule has 1 amide bonds. The first-order valence-corrected chi connectivity index (χ1v) is 10.4. The smallest absolute Gasteiger partial charge is 0.246 e. The van der Waals surface area contributed by atoms with Crippen molar-refractivity contribution in [1.29, 1.82) is 0 Å². The zero-order chi connectivity index (χ0) is 21.8. The molecule has 2 aromatic rings. The third-order valence-electron chi connectivity index (χ3n) is 4.20. The molecule has 0 aliphatic heterocycles. The van der Waals surface area contributed by atoms with Gasteiger partial charge >= 0.3 is 0 Å². The minimum atomic E-state index is -0.175. The number of hydrogen-bond acceptors (Lipinski definition) is 4. The van der Waals surface area contributed by atoms with Crippen molar-refractivity contribution in [3.8, 4) is 11.5 Å². The fourth-order valence-electron chi connectivity index (χ4n) is 2.82. The fraction of sp³-hybridized carbons (Fsp3) is 0.391. The van der Waals surface area contributed by atoms with E-state index in [1.165, 1.54) is 0 Å². The van der Waals surface area contributed by atoms with Gasteiger partial charge in [0.25, 0.3) is 0 Å². The zero-order valence-electron chi connectivity index (χ0n) is 18.6. The number of rotatable bonds is 10. The standard InChI is InChI=1S/C23H32N4O3.HI/c1-5-24-23(25-16-22(28)27-19-11-9-8-10-12-19)26-17(4)18-13-14-20(29-6-2)21(15-18)30-7-3;/h8-15,17H,5-7,16H2,1-4H3,(H,27,28)(H2,24,25,26);1H. The van der Waals surface area contributed by atoms with Gasteiger partial charge in [0.15, 0.2) is 17.5 Å². The van der Waals surface area contributed by atoms with Crippen LogP contribution < -0.4 is 25.4 Å². The molecule has 31 heavy (non-hydrogen) atoms. The number of halogens is 1. The van der Waals surface area contributed by atoms with E-state index < -0.39 is 0 Å². The van der Waals surface area contributed by atoms with Gasteiger partial charge in [-0.15, -0.1) is 24.0 Å². The molecule has 7 nitrogen and oxygen atoms in total. The van der Waals surface area contributed by atoms with E-state index in [1.807, 2.05) is 76.2 Å². The van der Waals surface area contributed by atoms with Crippen LogP contribution in [-0.4, -0.2) is 38.2 Å². The van der Waals surface area contributed by atoms with Crippen LogP contribution in [0.25, 0.3) is 0 Å². The Kier molecular flexibility index (Phi) is 12.4. The lowest BCUT2D eigenvalue weighted by atomic mass is 10.1. The van der Waals surface area contributed by atoms with Crippen molar-refractivity contribution in [2.24, 2.45) is 4.99 Å². The lowest BCUT2D eigenvalue weighted by Gasteiger charge is -2.20. The van der Waals surface area contributed by atoms with Crippen molar-refractivity contribution in [2.45, 2.75) is 33.7 Å². The monoisotopic (exact) mass is 540 g/mol. The highest BCUT2D eigenvalue weighted by Gasteiger charge is 2.13. The number of carbonyl (C=O) groups is 1. The van der Waals surface area contributed by atoms with Gasteiger partial charge in [0.2, 0.25) is 5.91 Å². The summed E-state index contributed by atoms with van der Waals surface area (Å²) >= 11 is 0. The van der Waals surface area contributed by atoms with E-state index in [0.717, 1.165) is 22.7 Å². The SMILES string of the molecule is CCNC(=NCC(=O)Nc1ccccc1)NC(C)c1ccc(OCC)c(OCC)c1.I. The maximum Gasteiger partial charge on any atom is 0.246 e. The highest BCUT2D eigenvalue weighted by molar-refractivity contribution is 14.0. The Morgan fingerprint density at radius 1 is 1.00 bits per heavy atom. The fourth-order valence-corrected chi connectivity index (χ4v) is 2.82. The van der Waals surface area contributed by atoms with E-state index in [4.69, 9.17) is 9.47 Å². The lowest BCUT2D eigenvalue weighted by molar-refractivity contribution is -0.114. The summed E-state index contributed by atoms with van der Waals surface area (Å²) < 4.78 is 11.3. The van der Waals surface area contributed by atoms with Gasteiger partial charge < -0.3 is 25.4 Å². The van der Waals surface area contributed by atoms with Crippen LogP contribution >= 0.6 is 24.0 Å². The van der Waals surface area contributed by atoms with Crippen molar-refractivity contribution in [1.82, 2.24) is 10.6 Å². The van der Waals surface area contributed by atoms with Gasteiger partial charge in [-0.05, 0) is 57.5 Å². The average molecular weight is 540 g/mol. The highest BCUT2D eigenvalue weighted by atomic mass is 127. The number of aliphatic imine (C=N–C) groups is 1. The van der Waals surface area contributed by atoms with E-state index in [0.29, 0.717) is 25.7 Å². The number of nitrogens with zero attached hydrogens (tertiary/aromatic N) is 1. The first kappa shape index (κ1) is 26.5. The Bertz CT molecular complexity index is 831. The van der Waals surface area contributed by atoms with Gasteiger partial charge in [-0.2, -0.15) is 0 Å². The van der Waals surface area contributed by atoms with Crippen LogP contribution in [0.3, 0.4) is 0 Å². The summed E-state index contributed by atoms with van der Waals surface area (Å²) in [6, 6.07) is 15.2. The molecule has 0 heterocycles. The third kappa shape index (κ3) is 9.04. The van der Waals surface area contributed by atoms with Crippen LogP contribution in [0.4, 0.5) is 5.69 Å². The predicted octanol–water partition coefficient (Wildman–Crippen LogP) is 4.36. The van der Waals surface area contributed by atoms with Crippen LogP contribution in [0, 0.1) is 0 Å². The topological polar surface area (TPSA) is 84.0 Å². The second-order valence-electron chi connectivity index (χ2n) is 6.55. The van der Waals surface area contributed by atoms with Crippen molar-refractivity contribution in [2.75, 3.05) is 31.6 Å². The number of amides is 1. The molecule has 0 aromatic heterocycles. The molecule has 0 saturated carbocycles. The van der Waals surface area contributed by atoms with Gasteiger partial charge in [-0.3, -0.25) is 4.79 Å². The molecule has 0 aliphatic carbocycles. The quantitative estimate of drug-likeness (QED) is 0.237. The highest BCUT2D eigenvalue weighted by Crippen LogP contribution is 2.30. The van der Waals surface area contributed by atoms with E-state index >= 15 is 0 Å². The first-order valence-electron chi connectivity index (χ1n) is 10.4. The van der Waals surface area contributed by atoms with Gasteiger partial charge in [-0.25, -0.2) is 4.99 Å². The number of carbonyl (C=O) groups excluding carboxylic acids is 1. The molecular formula is C23H33IN4O3. The van der Waals surface area contributed by atoms with Crippen molar-refractivity contribution in [3.05, 3.63) is 54.1 Å². The second kappa shape index (κ2) is 14.5. The molecule has 1 unspecified atom stereocenters. The molecule has 0 bridgehead atoms. The van der Waals surface area contributed by atoms with Crippen LogP contribution in [-0.2, 0) is 4.79 Å². The van der Waals surface area contributed by atoms with Crippen molar-refractivity contribution >= 4 is 41.5 Å². The Balaban J connectivity index is 0.00000480. The number of anilines is 1. The third-order valence-corrected chi connectivity index (χ3v) is 4.20. The summed E-state index contributed by atoms with van der Waals surface area (Å²) in [6.45, 7) is 9.75. The number of benzene rings is 2. The molecule has 2 aromatic carbocycles. The summed E-state index contributed by atoms with van der Waals surface area (Å²) in [4.78, 5) is 16.6. The number of hydrogen-bond donors (Lipinski definition) is 3. The van der Waals surface area contributed by atoms with E-state index in [2.05, 4.69) is 20.9 Å². The molecule has 0 aliphatic rings. The molecule has 0 fully saturated rings. The summed E-state index contributed by atoms with van der Waals surface area (Å²) in [5.74, 6) is 1.84. The predicted molar refractivity (Wildman–Crippen MR) is 137 cm³/mol. The molecule has 8 heteroatoms. The van der Waals surface area contributed by atoms with Crippen LogP contribution in [0.1, 0.15) is 39.3 Å². The van der Waals surface area contributed by atoms with Gasteiger partial charge in [0.05, 0.1) is 19.3 Å². The maximum atomic E-state index is 12.2. The molecule has 3 N–H and O–H groups in total. The molecule has 0 radical (unpaired) electrons. The maximum absolute atomic E-state index is 12.2. The molecule has 2 rings (SSSR count). The normalized spacial score (nSPS) is 11.7. The Labute approximate surface area is 202 Å². The summed E-state index contributed by atoms with van der Waals surface area (Å²) in [7, 11) is 0. The molecule has 170 valence electrons. The lowest BCUT2D eigenvalue weighted by Crippen LogP contribution is -2.39. The van der Waals surface area contributed by atoms with E-state index in [-0.39, 0.29) is 42.5 Å². The van der Waals surface area contributed by atoms with Crippen molar-refractivity contribution in [3.63, 3.8) is 0 Å². The Hall–Kier alpha value is -2.49. The van der Waals surface area contributed by atoms with Crippen molar-refractivity contribution < 1.29 is 14.3 Å². The second-order valence-corrected chi connectivity index (χ2v) is 6.55. The zero-order valence-corrected chi connectivity index (χ0v) is 20.9. The summed E-state index contributed by atoms with van der Waals surface area (Å²) in [5.41, 5.74) is 1.78. The summed E-state index contributed by atoms with van der Waals surface area (Å²) in [6.07, 6.45) is 0. The summed E-state index contributed by atoms with van der Waals surface area (Å²) in [5, 5.41) is 9.35. The first-order chi connectivity index (χ1) is 14.6. The largest absolute Gasteiger partial charge is 0.490 e. The molecular weight excluding hydrogens is 507 g/mol. The van der Waals surface area contributed by atoms with E-state index in [1.54, 1.807) is 0 Å². The Morgan fingerprint density at radius 2 is 1.68 bits per heavy atom.